The lowest BCUT2D eigenvalue weighted by atomic mass is 10.2. The molecule has 0 saturated carbocycles. The van der Waals surface area contributed by atoms with Crippen LogP contribution in [0.5, 0.6) is 0 Å². The number of H-pyrrole nitrogens is 1. The molecule has 0 aliphatic heterocycles. The molecule has 0 radical (unpaired) electrons. The van der Waals surface area contributed by atoms with E-state index < -0.39 is 0 Å². The first-order chi connectivity index (χ1) is 13.6. The highest BCUT2D eigenvalue weighted by Gasteiger charge is 2.17. The van der Waals surface area contributed by atoms with Gasteiger partial charge in [-0.2, -0.15) is 0 Å². The largest absolute Gasteiger partial charge is 0.306 e. The molecule has 4 rings (SSSR count). The summed E-state index contributed by atoms with van der Waals surface area (Å²) in [6, 6.07) is 16.6. The minimum atomic E-state index is -0.184. The van der Waals surface area contributed by atoms with Gasteiger partial charge in [-0.1, -0.05) is 30.3 Å². The van der Waals surface area contributed by atoms with Crippen LogP contribution in [0.15, 0.2) is 64.8 Å². The number of nitrogens with one attached hydrogen (secondary N) is 1. The van der Waals surface area contributed by atoms with E-state index in [0.717, 1.165) is 5.69 Å². The predicted octanol–water partition coefficient (Wildman–Crippen LogP) is 4.23. The molecule has 2 heterocycles. The number of fused-ring (bicyclic) bond motifs is 1. The van der Waals surface area contributed by atoms with Gasteiger partial charge < -0.3 is 4.98 Å². The minimum Gasteiger partial charge on any atom is -0.306 e. The van der Waals surface area contributed by atoms with Crippen LogP contribution in [0.25, 0.3) is 23.1 Å². The summed E-state index contributed by atoms with van der Waals surface area (Å²) in [4.78, 5) is 37.6. The average molecular weight is 388 g/mol. The molecule has 2 aromatic heterocycles. The van der Waals surface area contributed by atoms with Crippen LogP contribution in [-0.4, -0.2) is 20.9 Å². The van der Waals surface area contributed by atoms with Crippen LogP contribution < -0.4 is 10.5 Å². The van der Waals surface area contributed by atoms with Gasteiger partial charge in [0, 0.05) is 12.3 Å². The van der Waals surface area contributed by atoms with Gasteiger partial charge in [-0.3, -0.25) is 14.5 Å². The maximum absolute atomic E-state index is 12.1. The molecule has 28 heavy (non-hydrogen) atoms. The molecule has 138 valence electrons. The van der Waals surface area contributed by atoms with Gasteiger partial charge in [0.1, 0.15) is 5.82 Å². The Morgan fingerprint density at radius 2 is 1.79 bits per heavy atom. The van der Waals surface area contributed by atoms with Crippen molar-refractivity contribution in [2.75, 3.05) is 4.90 Å². The number of rotatable bonds is 4. The van der Waals surface area contributed by atoms with E-state index in [4.69, 9.17) is 0 Å². The van der Waals surface area contributed by atoms with Crippen molar-refractivity contribution in [2.24, 2.45) is 0 Å². The first-order valence-corrected chi connectivity index (χ1v) is 9.48. The van der Waals surface area contributed by atoms with E-state index in [2.05, 4.69) is 15.0 Å². The Balaban J connectivity index is 1.63. The molecule has 1 N–H and O–H groups in total. The van der Waals surface area contributed by atoms with Gasteiger partial charge in [0.25, 0.3) is 5.56 Å². The van der Waals surface area contributed by atoms with Gasteiger partial charge in [0.2, 0.25) is 5.91 Å². The van der Waals surface area contributed by atoms with E-state index in [1.54, 1.807) is 35.3 Å². The normalized spacial score (nSPS) is 11.2. The van der Waals surface area contributed by atoms with Crippen LogP contribution in [-0.2, 0) is 4.79 Å². The average Bonchev–Trinajstić information content (AvgIpc) is 3.15. The van der Waals surface area contributed by atoms with Crippen molar-refractivity contribution in [3.05, 3.63) is 81.8 Å². The van der Waals surface area contributed by atoms with Crippen molar-refractivity contribution < 1.29 is 4.79 Å². The van der Waals surface area contributed by atoms with Gasteiger partial charge >= 0.3 is 0 Å². The summed E-state index contributed by atoms with van der Waals surface area (Å²) in [5.41, 5.74) is 1.89. The highest BCUT2D eigenvalue weighted by Crippen LogP contribution is 2.29. The molecule has 6 nitrogen and oxygen atoms in total. The molecule has 1 amide bonds. The summed E-state index contributed by atoms with van der Waals surface area (Å²) in [5.74, 6) is 0.335. The van der Waals surface area contributed by atoms with Gasteiger partial charge in [-0.05, 0) is 36.4 Å². The number of benzene rings is 2. The van der Waals surface area contributed by atoms with Gasteiger partial charge in [0.05, 0.1) is 22.3 Å². The second-order valence-electron chi connectivity index (χ2n) is 6.05. The standard InChI is InChI=1S/C21H16N4O2S/c1-14(26)25(16-7-3-2-4-8-16)21-22-15(13-28-21)11-12-19-23-18-10-6-5-9-17(18)20(27)24-19/h2-13H,1H3,(H,23,24,27)/b12-11+. The number of carbonyl (C=O) groups excluding carboxylic acids is 1. The number of thiazole rings is 1. The van der Waals surface area contributed by atoms with Gasteiger partial charge in [0.15, 0.2) is 5.13 Å². The second kappa shape index (κ2) is 7.58. The lowest BCUT2D eigenvalue weighted by molar-refractivity contribution is -0.115. The molecule has 7 heteroatoms. The van der Waals surface area contributed by atoms with Crippen molar-refractivity contribution in [1.29, 1.82) is 0 Å². The second-order valence-corrected chi connectivity index (χ2v) is 6.88. The molecule has 0 unspecified atom stereocenters. The van der Waals surface area contributed by atoms with E-state index in [1.807, 2.05) is 41.8 Å². The zero-order chi connectivity index (χ0) is 19.5. The van der Waals surface area contributed by atoms with E-state index in [-0.39, 0.29) is 11.5 Å². The van der Waals surface area contributed by atoms with E-state index in [1.165, 1.54) is 18.3 Å². The number of aromatic amines is 1. The van der Waals surface area contributed by atoms with Gasteiger partial charge in [-0.25, -0.2) is 9.97 Å². The first kappa shape index (κ1) is 17.8. The fraction of sp³-hybridized carbons (Fsp3) is 0.0476. The molecular formula is C21H16N4O2S. The van der Waals surface area contributed by atoms with E-state index in [9.17, 15) is 9.59 Å². The van der Waals surface area contributed by atoms with Crippen LogP contribution in [0.3, 0.4) is 0 Å². The molecule has 0 fully saturated rings. The summed E-state index contributed by atoms with van der Waals surface area (Å²) < 4.78 is 0. The number of carbonyl (C=O) groups is 1. The van der Waals surface area contributed by atoms with Crippen LogP contribution in [0.1, 0.15) is 18.4 Å². The predicted molar refractivity (Wildman–Crippen MR) is 113 cm³/mol. The molecule has 0 atom stereocenters. The number of amides is 1. The lowest BCUT2D eigenvalue weighted by Crippen LogP contribution is -2.22. The summed E-state index contributed by atoms with van der Waals surface area (Å²) >= 11 is 1.37. The molecule has 2 aromatic carbocycles. The van der Waals surface area contributed by atoms with Crippen molar-refractivity contribution in [1.82, 2.24) is 15.0 Å². The van der Waals surface area contributed by atoms with Crippen molar-refractivity contribution in [2.45, 2.75) is 6.92 Å². The van der Waals surface area contributed by atoms with Crippen LogP contribution in [0.4, 0.5) is 10.8 Å². The lowest BCUT2D eigenvalue weighted by Gasteiger charge is -2.17. The third-order valence-electron chi connectivity index (χ3n) is 4.07. The summed E-state index contributed by atoms with van der Waals surface area (Å²) in [7, 11) is 0. The summed E-state index contributed by atoms with van der Waals surface area (Å²) in [6.07, 6.45) is 3.46. The molecule has 0 spiro atoms. The Hall–Kier alpha value is -3.58. The monoisotopic (exact) mass is 388 g/mol. The van der Waals surface area contributed by atoms with Crippen LogP contribution in [0, 0.1) is 0 Å². The number of hydrogen-bond acceptors (Lipinski definition) is 5. The third-order valence-corrected chi connectivity index (χ3v) is 4.92. The number of para-hydroxylation sites is 2. The fourth-order valence-corrected chi connectivity index (χ4v) is 3.66. The van der Waals surface area contributed by atoms with Crippen molar-refractivity contribution in [3.8, 4) is 0 Å². The molecule has 0 aliphatic carbocycles. The molecule has 4 aromatic rings. The molecule has 0 bridgehead atoms. The quantitative estimate of drug-likeness (QED) is 0.567. The third kappa shape index (κ3) is 3.60. The Morgan fingerprint density at radius 3 is 2.57 bits per heavy atom. The maximum atomic E-state index is 12.1. The van der Waals surface area contributed by atoms with E-state index in [0.29, 0.717) is 27.6 Å². The Kier molecular flexibility index (Phi) is 4.82. The number of aromatic nitrogens is 3. The number of anilines is 2. The van der Waals surface area contributed by atoms with Gasteiger partial charge in [-0.15, -0.1) is 11.3 Å². The minimum absolute atomic E-state index is 0.114. The van der Waals surface area contributed by atoms with Crippen molar-refractivity contribution in [3.63, 3.8) is 0 Å². The fourth-order valence-electron chi connectivity index (χ4n) is 2.81. The number of hydrogen-bond donors (Lipinski definition) is 1. The first-order valence-electron chi connectivity index (χ1n) is 8.60. The zero-order valence-corrected chi connectivity index (χ0v) is 15.8. The smallest absolute Gasteiger partial charge is 0.259 e. The van der Waals surface area contributed by atoms with E-state index >= 15 is 0 Å². The highest BCUT2D eigenvalue weighted by molar-refractivity contribution is 7.14. The SMILES string of the molecule is CC(=O)N(c1ccccc1)c1nc(/C=C/c2nc3ccccc3c(=O)[nH]2)cs1. The molecule has 0 aliphatic rings. The number of nitrogens with zero attached hydrogens (tertiary/aromatic N) is 3. The van der Waals surface area contributed by atoms with Crippen molar-refractivity contribution >= 4 is 51.1 Å². The molecular weight excluding hydrogens is 372 g/mol. The Morgan fingerprint density at radius 1 is 1.04 bits per heavy atom. The zero-order valence-electron chi connectivity index (χ0n) is 15.0. The van der Waals surface area contributed by atoms with Crippen LogP contribution >= 0.6 is 11.3 Å². The maximum Gasteiger partial charge on any atom is 0.259 e. The molecule has 0 saturated heterocycles. The Labute approximate surface area is 164 Å². The summed E-state index contributed by atoms with van der Waals surface area (Å²) in [6.45, 7) is 1.51. The highest BCUT2D eigenvalue weighted by atomic mass is 32.1. The topological polar surface area (TPSA) is 79.0 Å². The van der Waals surface area contributed by atoms with Crippen LogP contribution in [0.2, 0.25) is 0 Å². The summed E-state index contributed by atoms with van der Waals surface area (Å²) in [5, 5.41) is 2.98. The Bertz CT molecular complexity index is 1230.